The Morgan fingerprint density at radius 3 is 2.28 bits per heavy atom. The minimum absolute atomic E-state index is 0.00659. The molecule has 0 spiro atoms. The first kappa shape index (κ1) is 27.5. The Balaban J connectivity index is 1.50. The predicted octanol–water partition coefficient (Wildman–Crippen LogP) is 9.50. The highest BCUT2D eigenvalue weighted by Crippen LogP contribution is 2.49. The van der Waals surface area contributed by atoms with Crippen LogP contribution in [0.25, 0.3) is 44.1 Å². The molecule has 6 heteroatoms. The summed E-state index contributed by atoms with van der Waals surface area (Å²) < 4.78 is 2.62. The molecule has 218 valence electrons. The van der Waals surface area contributed by atoms with Crippen molar-refractivity contribution in [3.05, 3.63) is 126 Å². The van der Waals surface area contributed by atoms with Gasteiger partial charge in [-0.1, -0.05) is 48.5 Å². The zero-order valence-electron chi connectivity index (χ0n) is 25.7. The number of aromatic nitrogens is 1. The van der Waals surface area contributed by atoms with Crippen molar-refractivity contribution in [2.45, 2.75) is 16.7 Å². The summed E-state index contributed by atoms with van der Waals surface area (Å²) >= 11 is 3.59. The highest BCUT2D eigenvalue weighted by molar-refractivity contribution is 7.98. The van der Waals surface area contributed by atoms with Crippen molar-refractivity contribution < 1.29 is 0 Å². The molecule has 3 heterocycles. The van der Waals surface area contributed by atoms with Crippen LogP contribution in [0.1, 0.15) is 11.1 Å². The van der Waals surface area contributed by atoms with E-state index in [2.05, 4.69) is 132 Å². The van der Waals surface area contributed by atoms with Crippen molar-refractivity contribution in [2.75, 3.05) is 17.4 Å². The molecule has 0 atom stereocenters. The van der Waals surface area contributed by atoms with E-state index in [0.29, 0.717) is 5.56 Å². The Bertz CT molecular complexity index is 2440. The number of hydrogen-bond acceptors (Lipinski definition) is 4. The van der Waals surface area contributed by atoms with E-state index in [0.717, 1.165) is 16.8 Å². The molecule has 46 heavy (non-hydrogen) atoms. The first-order valence-electron chi connectivity index (χ1n) is 15.4. The Labute approximate surface area is 277 Å². The molecule has 0 fully saturated rings. The first-order chi connectivity index (χ1) is 22.6. The maximum atomic E-state index is 9.83. The van der Waals surface area contributed by atoms with Gasteiger partial charge >= 0.3 is 6.85 Å². The van der Waals surface area contributed by atoms with E-state index in [1.165, 1.54) is 70.6 Å². The van der Waals surface area contributed by atoms with Crippen LogP contribution in [-0.2, 0) is 0 Å². The lowest BCUT2D eigenvalue weighted by atomic mass is 9.44. The van der Waals surface area contributed by atoms with Gasteiger partial charge in [-0.25, -0.2) is 0 Å². The summed E-state index contributed by atoms with van der Waals surface area (Å²) in [5.41, 5.74) is 15.4. The summed E-state index contributed by atoms with van der Waals surface area (Å²) in [5.74, 6) is 0. The Hall–Kier alpha value is -4.83. The van der Waals surface area contributed by atoms with Crippen LogP contribution in [-0.4, -0.2) is 23.8 Å². The summed E-state index contributed by atoms with van der Waals surface area (Å²) in [7, 11) is 0. The Morgan fingerprint density at radius 1 is 0.696 bits per heavy atom. The summed E-state index contributed by atoms with van der Waals surface area (Å²) in [4.78, 5) is 4.98. The van der Waals surface area contributed by atoms with Crippen LogP contribution in [0.2, 0.25) is 0 Å². The molecule has 0 unspecified atom stereocenters. The number of nitrogens with zero attached hydrogens (tertiary/aromatic N) is 3. The van der Waals surface area contributed by atoms with Crippen molar-refractivity contribution >= 4 is 80.2 Å². The van der Waals surface area contributed by atoms with Gasteiger partial charge in [0.2, 0.25) is 0 Å². The topological polar surface area (TPSA) is 32.0 Å². The molecule has 0 amide bonds. The third-order valence-electron chi connectivity index (χ3n) is 9.75. The summed E-state index contributed by atoms with van der Waals surface area (Å²) in [5, 5.41) is 12.4. The lowest BCUT2D eigenvalue weighted by molar-refractivity contribution is 1.24. The molecule has 0 aliphatic carbocycles. The fourth-order valence-electron chi connectivity index (χ4n) is 7.82. The third kappa shape index (κ3) is 3.76. The molecule has 0 saturated carbocycles. The monoisotopic (exact) mass is 625 g/mol. The maximum Gasteiger partial charge on any atom is 0.333 e. The average molecular weight is 626 g/mol. The summed E-state index contributed by atoms with van der Waals surface area (Å²) in [6.45, 7) is 2.28. The van der Waals surface area contributed by atoms with Crippen LogP contribution in [0.3, 0.4) is 0 Å². The number of anilines is 3. The zero-order valence-corrected chi connectivity index (χ0v) is 27.3. The molecule has 6 aromatic carbocycles. The molecule has 0 bridgehead atoms. The number of thioether (sulfide) groups is 2. The quantitative estimate of drug-likeness (QED) is 0.144. The maximum absolute atomic E-state index is 9.83. The lowest BCUT2D eigenvalue weighted by Gasteiger charge is -2.41. The molecule has 3 nitrogen and oxygen atoms in total. The number of hydrogen-bond donors (Lipinski definition) is 0. The van der Waals surface area contributed by atoms with Crippen LogP contribution in [0.15, 0.2) is 125 Å². The largest absolute Gasteiger partial charge is 0.375 e. The van der Waals surface area contributed by atoms with Crippen LogP contribution >= 0.6 is 23.5 Å². The van der Waals surface area contributed by atoms with Gasteiger partial charge in [-0.3, -0.25) is 0 Å². The molecule has 0 radical (unpaired) electrons. The van der Waals surface area contributed by atoms with Crippen molar-refractivity contribution in [3.8, 4) is 28.3 Å². The Morgan fingerprint density at radius 2 is 1.48 bits per heavy atom. The van der Waals surface area contributed by atoms with Gasteiger partial charge in [0.15, 0.2) is 0 Å². The first-order valence-corrected chi connectivity index (χ1v) is 17.9. The van der Waals surface area contributed by atoms with Crippen molar-refractivity contribution in [3.63, 3.8) is 0 Å². The minimum Gasteiger partial charge on any atom is -0.375 e. The fraction of sp³-hybridized carbons (Fsp3) is 0.0750. The molecule has 0 saturated heterocycles. The number of fused-ring (bicyclic) bond motifs is 7. The normalized spacial score (nSPS) is 12.7. The number of para-hydroxylation sites is 2. The summed E-state index contributed by atoms with van der Waals surface area (Å²) in [6, 6.07) is 44.2. The van der Waals surface area contributed by atoms with E-state index in [4.69, 9.17) is 0 Å². The Kier molecular flexibility index (Phi) is 6.18. The van der Waals surface area contributed by atoms with Crippen LogP contribution < -0.4 is 15.8 Å². The number of rotatable bonds is 4. The van der Waals surface area contributed by atoms with Crippen molar-refractivity contribution in [1.82, 2.24) is 4.48 Å². The minimum atomic E-state index is 0.00659. The third-order valence-corrected chi connectivity index (χ3v) is 11.2. The highest BCUT2D eigenvalue weighted by Gasteiger charge is 2.43. The molecule has 2 aliphatic heterocycles. The van der Waals surface area contributed by atoms with E-state index in [1.54, 1.807) is 23.5 Å². The second-order valence-electron chi connectivity index (χ2n) is 12.0. The highest BCUT2D eigenvalue weighted by atomic mass is 32.2. The van der Waals surface area contributed by atoms with Crippen LogP contribution in [0.5, 0.6) is 0 Å². The van der Waals surface area contributed by atoms with E-state index < -0.39 is 0 Å². The average Bonchev–Trinajstić information content (AvgIpc) is 3.44. The molecular formula is C40H28BN3S2. The second-order valence-corrected chi connectivity index (χ2v) is 13.8. The lowest BCUT2D eigenvalue weighted by Crippen LogP contribution is -2.56. The van der Waals surface area contributed by atoms with Crippen LogP contribution in [0.4, 0.5) is 17.1 Å². The smallest absolute Gasteiger partial charge is 0.333 e. The van der Waals surface area contributed by atoms with Gasteiger partial charge in [-0.2, -0.15) is 5.26 Å². The van der Waals surface area contributed by atoms with Crippen LogP contribution in [0, 0.1) is 18.3 Å². The standard InChI is InChI=1S/C40H28BN3S2/c1-24-30(26-11-9-10-25(18-26)23-42)22-37-39-38(24)33-21-29(46-3)20-32-31-19-28(45-2)16-17-35(31)44(40(32)33)41(39)34-14-7-8-15-36(34)43(37)27-12-5-4-6-13-27/h4-22H,1-3H3. The van der Waals surface area contributed by atoms with Gasteiger partial charge in [-0.05, 0) is 119 Å². The molecular weight excluding hydrogens is 597 g/mol. The van der Waals surface area contributed by atoms with Gasteiger partial charge in [0, 0.05) is 54.2 Å². The SMILES string of the molecule is CSc1ccc2c(c1)c1cc(SC)cc3c1n2B1c2ccccc2N(c2ccccc2)c2cc(-c4cccc(C#N)c4)c(C)c-3c21. The fourth-order valence-corrected chi connectivity index (χ4v) is 8.73. The predicted molar refractivity (Wildman–Crippen MR) is 198 cm³/mol. The molecule has 9 rings (SSSR count). The van der Waals surface area contributed by atoms with E-state index in [9.17, 15) is 5.26 Å². The second kappa shape index (κ2) is 10.4. The van der Waals surface area contributed by atoms with Crippen molar-refractivity contribution in [2.24, 2.45) is 0 Å². The summed E-state index contributed by atoms with van der Waals surface area (Å²) in [6.07, 6.45) is 4.33. The van der Waals surface area contributed by atoms with Gasteiger partial charge in [0.1, 0.15) is 0 Å². The van der Waals surface area contributed by atoms with Gasteiger partial charge in [0.05, 0.1) is 11.6 Å². The zero-order chi connectivity index (χ0) is 31.1. The molecule has 7 aromatic rings. The van der Waals surface area contributed by atoms with Gasteiger partial charge < -0.3 is 9.38 Å². The molecule has 1 aromatic heterocycles. The molecule has 0 N–H and O–H groups in total. The van der Waals surface area contributed by atoms with Gasteiger partial charge in [0.25, 0.3) is 0 Å². The van der Waals surface area contributed by atoms with Crippen molar-refractivity contribution in [1.29, 1.82) is 5.26 Å². The number of nitriles is 1. The van der Waals surface area contributed by atoms with E-state index >= 15 is 0 Å². The van der Waals surface area contributed by atoms with E-state index in [1.807, 2.05) is 18.2 Å². The van der Waals surface area contributed by atoms with Gasteiger partial charge in [-0.15, -0.1) is 23.5 Å². The number of benzene rings is 6. The molecule has 2 aliphatic rings. The van der Waals surface area contributed by atoms with E-state index in [-0.39, 0.29) is 6.85 Å².